The van der Waals surface area contributed by atoms with E-state index in [-0.39, 0.29) is 21.9 Å². The molecule has 9 heteroatoms. The van der Waals surface area contributed by atoms with Gasteiger partial charge < -0.3 is 9.47 Å². The van der Waals surface area contributed by atoms with Gasteiger partial charge in [-0.2, -0.15) is 8.42 Å². The second-order valence-corrected chi connectivity index (χ2v) is 6.38. The fraction of sp³-hybridized carbons (Fsp3) is 0.188. The third-order valence-corrected chi connectivity index (χ3v) is 4.36. The van der Waals surface area contributed by atoms with Gasteiger partial charge in [0.25, 0.3) is 0 Å². The first-order valence-electron chi connectivity index (χ1n) is 6.94. The normalized spacial score (nSPS) is 12.0. The van der Waals surface area contributed by atoms with Crippen LogP contribution in [0.1, 0.15) is 12.5 Å². The molecule has 0 unspecified atom stereocenters. The van der Waals surface area contributed by atoms with Crippen LogP contribution in [0.4, 0.5) is 8.78 Å². The summed E-state index contributed by atoms with van der Waals surface area (Å²) in [6.45, 7) is 1.40. The van der Waals surface area contributed by atoms with Crippen molar-refractivity contribution in [3.05, 3.63) is 53.6 Å². The number of ether oxygens (including phenoxy) is 2. The summed E-state index contributed by atoms with van der Waals surface area (Å²) in [6, 6.07) is 6.94. The Bertz CT molecular complexity index is 913. The molecular formula is C16H15F2NO5S. The van der Waals surface area contributed by atoms with Gasteiger partial charge in [-0.3, -0.25) is 4.28 Å². The Hall–Kier alpha value is -2.68. The molecule has 0 amide bonds. The Labute approximate surface area is 143 Å². The van der Waals surface area contributed by atoms with Crippen LogP contribution in [0, 0.1) is 11.6 Å². The van der Waals surface area contributed by atoms with Gasteiger partial charge in [-0.15, -0.1) is 0 Å². The Morgan fingerprint density at radius 1 is 0.960 bits per heavy atom. The number of oxime groups is 1. The Morgan fingerprint density at radius 3 is 2.24 bits per heavy atom. The SMILES string of the molecule is COc1ccc(S(=O)(=O)O/N=C(\C)c2ccc(F)c(F)c2)cc1OC. The lowest BCUT2D eigenvalue weighted by Crippen LogP contribution is -2.06. The maximum absolute atomic E-state index is 13.2. The first-order valence-corrected chi connectivity index (χ1v) is 8.35. The third-order valence-electron chi connectivity index (χ3n) is 3.25. The number of hydrogen-bond donors (Lipinski definition) is 0. The lowest BCUT2D eigenvalue weighted by molar-refractivity contribution is 0.336. The van der Waals surface area contributed by atoms with Gasteiger partial charge in [-0.25, -0.2) is 8.78 Å². The molecule has 0 fully saturated rings. The predicted molar refractivity (Wildman–Crippen MR) is 86.4 cm³/mol. The zero-order valence-corrected chi connectivity index (χ0v) is 14.4. The molecule has 0 radical (unpaired) electrons. The van der Waals surface area contributed by atoms with E-state index in [2.05, 4.69) is 9.44 Å². The lowest BCUT2D eigenvalue weighted by Gasteiger charge is -2.09. The van der Waals surface area contributed by atoms with Gasteiger partial charge in [0.1, 0.15) is 4.90 Å². The molecule has 0 saturated carbocycles. The molecule has 6 nitrogen and oxygen atoms in total. The molecule has 2 aromatic carbocycles. The molecule has 2 aromatic rings. The van der Waals surface area contributed by atoms with E-state index in [4.69, 9.17) is 9.47 Å². The van der Waals surface area contributed by atoms with E-state index >= 15 is 0 Å². The molecule has 0 aliphatic carbocycles. The van der Waals surface area contributed by atoms with Crippen molar-refractivity contribution in [2.24, 2.45) is 5.16 Å². The Kier molecular flexibility index (Phi) is 5.58. The minimum Gasteiger partial charge on any atom is -0.493 e. The number of benzene rings is 2. The summed E-state index contributed by atoms with van der Waals surface area (Å²) in [4.78, 5) is -0.202. The van der Waals surface area contributed by atoms with E-state index in [9.17, 15) is 17.2 Å². The molecule has 134 valence electrons. The molecule has 0 saturated heterocycles. The minimum absolute atomic E-state index is 0.0583. The van der Waals surface area contributed by atoms with E-state index in [1.165, 1.54) is 45.4 Å². The number of halogens is 2. The Morgan fingerprint density at radius 2 is 1.64 bits per heavy atom. The zero-order chi connectivity index (χ0) is 18.6. The predicted octanol–water partition coefficient (Wildman–Crippen LogP) is 3.11. The average molecular weight is 371 g/mol. The largest absolute Gasteiger partial charge is 0.493 e. The van der Waals surface area contributed by atoms with Crippen LogP contribution in [0.5, 0.6) is 11.5 Å². The van der Waals surface area contributed by atoms with E-state index in [1.807, 2.05) is 0 Å². The molecule has 0 aliphatic rings. The monoisotopic (exact) mass is 371 g/mol. The van der Waals surface area contributed by atoms with Crippen molar-refractivity contribution < 1.29 is 31.0 Å². The Balaban J connectivity index is 2.27. The van der Waals surface area contributed by atoms with Gasteiger partial charge in [0.05, 0.1) is 19.9 Å². The molecule has 0 heterocycles. The summed E-state index contributed by atoms with van der Waals surface area (Å²) in [5, 5.41) is 3.48. The zero-order valence-electron chi connectivity index (χ0n) is 13.6. The number of rotatable bonds is 6. The van der Waals surface area contributed by atoms with Crippen LogP contribution in [0.3, 0.4) is 0 Å². The highest BCUT2D eigenvalue weighted by atomic mass is 32.2. The quantitative estimate of drug-likeness (QED) is 0.576. The van der Waals surface area contributed by atoms with Crippen LogP contribution in [0.25, 0.3) is 0 Å². The van der Waals surface area contributed by atoms with E-state index in [1.54, 1.807) is 0 Å². The molecule has 0 N–H and O–H groups in total. The van der Waals surface area contributed by atoms with Crippen LogP contribution in [-0.4, -0.2) is 28.3 Å². The fourth-order valence-corrected chi connectivity index (χ4v) is 2.68. The molecule has 0 bridgehead atoms. The maximum atomic E-state index is 13.2. The highest BCUT2D eigenvalue weighted by Crippen LogP contribution is 2.30. The second kappa shape index (κ2) is 7.47. The fourth-order valence-electron chi connectivity index (χ4n) is 1.89. The van der Waals surface area contributed by atoms with Crippen molar-refractivity contribution in [2.75, 3.05) is 14.2 Å². The molecule has 0 aliphatic heterocycles. The number of methoxy groups -OCH3 is 2. The summed E-state index contributed by atoms with van der Waals surface area (Å²) in [6.07, 6.45) is 0. The van der Waals surface area contributed by atoms with Crippen molar-refractivity contribution in [3.8, 4) is 11.5 Å². The van der Waals surface area contributed by atoms with Gasteiger partial charge >= 0.3 is 10.1 Å². The third kappa shape index (κ3) is 4.24. The van der Waals surface area contributed by atoms with Crippen molar-refractivity contribution in [1.82, 2.24) is 0 Å². The number of hydrogen-bond acceptors (Lipinski definition) is 6. The summed E-state index contributed by atoms with van der Waals surface area (Å²) < 4.78 is 65.2. The highest BCUT2D eigenvalue weighted by Gasteiger charge is 2.19. The smallest absolute Gasteiger partial charge is 0.358 e. The van der Waals surface area contributed by atoms with Crippen LogP contribution in [0.15, 0.2) is 46.4 Å². The molecule has 0 atom stereocenters. The van der Waals surface area contributed by atoms with Gasteiger partial charge in [-0.05, 0) is 37.3 Å². The van der Waals surface area contributed by atoms with Crippen molar-refractivity contribution in [3.63, 3.8) is 0 Å². The molecule has 25 heavy (non-hydrogen) atoms. The molecule has 0 spiro atoms. The first-order chi connectivity index (χ1) is 11.8. The molecule has 0 aromatic heterocycles. The summed E-state index contributed by atoms with van der Waals surface area (Å²) in [7, 11) is -1.45. The maximum Gasteiger partial charge on any atom is 0.358 e. The highest BCUT2D eigenvalue weighted by molar-refractivity contribution is 7.86. The van der Waals surface area contributed by atoms with Crippen molar-refractivity contribution in [1.29, 1.82) is 0 Å². The first kappa shape index (κ1) is 18.7. The topological polar surface area (TPSA) is 74.2 Å². The average Bonchev–Trinajstić information content (AvgIpc) is 2.61. The van der Waals surface area contributed by atoms with Crippen LogP contribution in [0.2, 0.25) is 0 Å². The van der Waals surface area contributed by atoms with E-state index in [0.717, 1.165) is 12.1 Å². The second-order valence-electron chi connectivity index (χ2n) is 4.85. The van der Waals surface area contributed by atoms with Gasteiger partial charge in [0, 0.05) is 11.6 Å². The van der Waals surface area contributed by atoms with Crippen LogP contribution < -0.4 is 9.47 Å². The number of nitrogens with zero attached hydrogens (tertiary/aromatic N) is 1. The van der Waals surface area contributed by atoms with Gasteiger partial charge in [-0.1, -0.05) is 5.16 Å². The summed E-state index contributed by atoms with van der Waals surface area (Å²) in [5.41, 5.74) is 0.240. The van der Waals surface area contributed by atoms with Crippen LogP contribution >= 0.6 is 0 Å². The van der Waals surface area contributed by atoms with Crippen molar-refractivity contribution in [2.45, 2.75) is 11.8 Å². The molecular weight excluding hydrogens is 356 g/mol. The lowest BCUT2D eigenvalue weighted by atomic mass is 10.1. The van der Waals surface area contributed by atoms with E-state index in [0.29, 0.717) is 5.75 Å². The van der Waals surface area contributed by atoms with Crippen LogP contribution in [-0.2, 0) is 14.4 Å². The van der Waals surface area contributed by atoms with Crippen molar-refractivity contribution >= 4 is 15.8 Å². The van der Waals surface area contributed by atoms with E-state index < -0.39 is 21.8 Å². The summed E-state index contributed by atoms with van der Waals surface area (Å²) >= 11 is 0. The van der Waals surface area contributed by atoms with Gasteiger partial charge in [0.15, 0.2) is 23.1 Å². The van der Waals surface area contributed by atoms with Gasteiger partial charge in [0.2, 0.25) is 0 Å². The minimum atomic E-state index is -4.23. The summed E-state index contributed by atoms with van der Waals surface area (Å²) in [5.74, 6) is -1.54. The molecule has 2 rings (SSSR count). The standard InChI is InChI=1S/C16H15F2NO5S/c1-10(11-4-6-13(17)14(18)8-11)19-24-25(20,21)12-5-7-15(22-2)16(9-12)23-3/h4-9H,1-3H3/b19-10+.